The van der Waals surface area contributed by atoms with Gasteiger partial charge in [0.2, 0.25) is 0 Å². The molecule has 1 amide bonds. The van der Waals surface area contributed by atoms with Gasteiger partial charge in [-0.3, -0.25) is 5.43 Å². The molecule has 1 aliphatic carbocycles. The summed E-state index contributed by atoms with van der Waals surface area (Å²) < 4.78 is 4.93. The van der Waals surface area contributed by atoms with E-state index in [1.807, 2.05) is 0 Å². The number of nitrogens with one attached hydrogen (secondary N) is 2. The molecule has 0 aromatic heterocycles. The van der Waals surface area contributed by atoms with Crippen LogP contribution in [0.4, 0.5) is 4.79 Å². The summed E-state index contributed by atoms with van der Waals surface area (Å²) in [4.78, 5) is 10.5. The third-order valence-electron chi connectivity index (χ3n) is 2.20. The van der Waals surface area contributed by atoms with Crippen LogP contribution in [0.5, 0.6) is 0 Å². The molecule has 2 N–H and O–H groups in total. The number of amides is 1. The molecule has 2 fully saturated rings. The van der Waals surface area contributed by atoms with Gasteiger partial charge in [0, 0.05) is 5.41 Å². The Morgan fingerprint density at radius 2 is 2.40 bits per heavy atom. The van der Waals surface area contributed by atoms with E-state index in [-0.39, 0.29) is 17.7 Å². The number of carbonyl (C=O) groups excluding carboxylic acids is 1. The maximum Gasteiger partial charge on any atom is 0.423 e. The van der Waals surface area contributed by atoms with Crippen molar-refractivity contribution in [2.45, 2.75) is 26.0 Å². The van der Waals surface area contributed by atoms with Gasteiger partial charge in [-0.05, 0) is 12.8 Å². The molecule has 10 heavy (non-hydrogen) atoms. The van der Waals surface area contributed by atoms with Gasteiger partial charge in [0.05, 0.1) is 0 Å². The molecule has 4 heteroatoms. The van der Waals surface area contributed by atoms with Gasteiger partial charge in [-0.25, -0.2) is 4.79 Å². The average molecular weight is 142 g/mol. The van der Waals surface area contributed by atoms with Crippen molar-refractivity contribution in [3.05, 3.63) is 0 Å². The molecule has 0 spiro atoms. The van der Waals surface area contributed by atoms with Crippen LogP contribution in [0, 0.1) is 5.41 Å². The molecule has 0 aromatic carbocycles. The molecule has 56 valence electrons. The SMILES string of the molecule is CC1(C2NNC(=O)O2)CC1. The molecular weight excluding hydrogens is 132 g/mol. The Morgan fingerprint density at radius 3 is 2.80 bits per heavy atom. The van der Waals surface area contributed by atoms with Crippen molar-refractivity contribution in [2.24, 2.45) is 5.41 Å². The molecule has 4 nitrogen and oxygen atoms in total. The van der Waals surface area contributed by atoms with Crippen molar-refractivity contribution < 1.29 is 9.53 Å². The molecule has 2 aliphatic rings. The number of hydrogen-bond acceptors (Lipinski definition) is 3. The van der Waals surface area contributed by atoms with E-state index in [1.165, 1.54) is 0 Å². The summed E-state index contributed by atoms with van der Waals surface area (Å²) in [7, 11) is 0. The number of hydrogen-bond donors (Lipinski definition) is 2. The van der Waals surface area contributed by atoms with Gasteiger partial charge in [-0.1, -0.05) is 6.92 Å². The third kappa shape index (κ3) is 0.759. The van der Waals surface area contributed by atoms with Crippen molar-refractivity contribution in [3.63, 3.8) is 0 Å². The molecule has 1 saturated carbocycles. The van der Waals surface area contributed by atoms with E-state index in [1.54, 1.807) is 0 Å². The fourth-order valence-electron chi connectivity index (χ4n) is 1.07. The number of cyclic esters (lactones) is 1. The van der Waals surface area contributed by atoms with Gasteiger partial charge in [0.15, 0.2) is 6.23 Å². The van der Waals surface area contributed by atoms with Gasteiger partial charge in [0.25, 0.3) is 0 Å². The highest BCUT2D eigenvalue weighted by Gasteiger charge is 2.49. The van der Waals surface area contributed by atoms with Crippen LogP contribution >= 0.6 is 0 Å². The Morgan fingerprint density at radius 1 is 1.70 bits per heavy atom. The predicted molar refractivity (Wildman–Crippen MR) is 33.9 cm³/mol. The molecule has 0 aromatic rings. The molecule has 1 unspecified atom stereocenters. The summed E-state index contributed by atoms with van der Waals surface area (Å²) in [5, 5.41) is 0. The van der Waals surface area contributed by atoms with Crippen molar-refractivity contribution in [1.29, 1.82) is 0 Å². The minimum atomic E-state index is -0.363. The zero-order chi connectivity index (χ0) is 7.19. The first-order valence-electron chi connectivity index (χ1n) is 3.43. The highest BCUT2D eigenvalue weighted by Crippen LogP contribution is 2.48. The summed E-state index contributed by atoms with van der Waals surface area (Å²) in [5.41, 5.74) is 5.39. The number of carbonyl (C=O) groups is 1. The van der Waals surface area contributed by atoms with E-state index in [0.717, 1.165) is 12.8 Å². The van der Waals surface area contributed by atoms with Crippen molar-refractivity contribution in [2.75, 3.05) is 0 Å². The van der Waals surface area contributed by atoms with Crippen LogP contribution in [0.2, 0.25) is 0 Å². The average Bonchev–Trinajstić information content (AvgIpc) is 2.45. The van der Waals surface area contributed by atoms with Gasteiger partial charge < -0.3 is 4.74 Å². The zero-order valence-corrected chi connectivity index (χ0v) is 5.81. The standard InChI is InChI=1S/C6H10N2O2/c1-6(2-3-6)4-7-8-5(9)10-4/h4,7H,2-3H2,1H3,(H,8,9). The van der Waals surface area contributed by atoms with Crippen molar-refractivity contribution in [3.8, 4) is 0 Å². The normalized spacial score (nSPS) is 34.9. The van der Waals surface area contributed by atoms with Crippen LogP contribution in [-0.2, 0) is 4.74 Å². The lowest BCUT2D eigenvalue weighted by atomic mass is 10.1. The number of ether oxygens (including phenoxy) is 1. The minimum Gasteiger partial charge on any atom is -0.427 e. The number of hydrazine groups is 1. The monoisotopic (exact) mass is 142 g/mol. The second-order valence-electron chi connectivity index (χ2n) is 3.21. The maximum absolute atomic E-state index is 10.5. The van der Waals surface area contributed by atoms with Crippen LogP contribution in [-0.4, -0.2) is 12.3 Å². The van der Waals surface area contributed by atoms with Gasteiger partial charge >= 0.3 is 6.09 Å². The molecule has 0 bridgehead atoms. The highest BCUT2D eigenvalue weighted by atomic mass is 16.6. The summed E-state index contributed by atoms with van der Waals surface area (Å²) in [6, 6.07) is 0. The quantitative estimate of drug-likeness (QED) is 0.555. The third-order valence-corrected chi connectivity index (χ3v) is 2.20. The van der Waals surface area contributed by atoms with Crippen molar-refractivity contribution >= 4 is 6.09 Å². The van der Waals surface area contributed by atoms with E-state index < -0.39 is 0 Å². The lowest BCUT2D eigenvalue weighted by Crippen LogP contribution is -2.36. The van der Waals surface area contributed by atoms with Crippen LogP contribution in [0.25, 0.3) is 0 Å². The number of rotatable bonds is 1. The van der Waals surface area contributed by atoms with Crippen LogP contribution < -0.4 is 10.9 Å². The van der Waals surface area contributed by atoms with E-state index >= 15 is 0 Å². The van der Waals surface area contributed by atoms with E-state index in [9.17, 15) is 4.79 Å². The molecular formula is C6H10N2O2. The summed E-state index contributed by atoms with van der Waals surface area (Å²) in [6.07, 6.45) is 1.80. The highest BCUT2D eigenvalue weighted by molar-refractivity contribution is 5.68. The topological polar surface area (TPSA) is 50.4 Å². The first-order chi connectivity index (χ1) is 4.71. The van der Waals surface area contributed by atoms with Gasteiger partial charge in [-0.2, -0.15) is 5.43 Å². The van der Waals surface area contributed by atoms with Crippen LogP contribution in [0.3, 0.4) is 0 Å². The zero-order valence-electron chi connectivity index (χ0n) is 5.81. The summed E-state index contributed by atoms with van der Waals surface area (Å²) in [5.74, 6) is 0. The fraction of sp³-hybridized carbons (Fsp3) is 0.833. The first-order valence-corrected chi connectivity index (χ1v) is 3.43. The molecule has 1 atom stereocenters. The first kappa shape index (κ1) is 5.97. The molecule has 2 rings (SSSR count). The molecule has 0 radical (unpaired) electrons. The molecule has 1 heterocycles. The van der Waals surface area contributed by atoms with E-state index in [4.69, 9.17) is 4.74 Å². The Bertz CT molecular complexity index is 177. The Balaban J connectivity index is 2.01. The summed E-state index contributed by atoms with van der Waals surface area (Å²) >= 11 is 0. The smallest absolute Gasteiger partial charge is 0.423 e. The predicted octanol–water partition coefficient (Wildman–Crippen LogP) is 0.357. The maximum atomic E-state index is 10.5. The largest absolute Gasteiger partial charge is 0.427 e. The lowest BCUT2D eigenvalue weighted by Gasteiger charge is -2.13. The second kappa shape index (κ2) is 1.63. The van der Waals surface area contributed by atoms with Gasteiger partial charge in [0.1, 0.15) is 0 Å². The molecule has 1 saturated heterocycles. The Hall–Kier alpha value is -0.770. The Kier molecular flexibility index (Phi) is 0.976. The van der Waals surface area contributed by atoms with Gasteiger partial charge in [-0.15, -0.1) is 0 Å². The van der Waals surface area contributed by atoms with E-state index in [0.29, 0.717) is 0 Å². The molecule has 1 aliphatic heterocycles. The van der Waals surface area contributed by atoms with Crippen LogP contribution in [0.1, 0.15) is 19.8 Å². The summed E-state index contributed by atoms with van der Waals surface area (Å²) in [6.45, 7) is 2.10. The van der Waals surface area contributed by atoms with Crippen molar-refractivity contribution in [1.82, 2.24) is 10.9 Å². The second-order valence-corrected chi connectivity index (χ2v) is 3.21. The van der Waals surface area contributed by atoms with E-state index in [2.05, 4.69) is 17.8 Å². The Labute approximate surface area is 58.9 Å². The fourth-order valence-corrected chi connectivity index (χ4v) is 1.07. The van der Waals surface area contributed by atoms with Crippen LogP contribution in [0.15, 0.2) is 0 Å². The lowest BCUT2D eigenvalue weighted by molar-refractivity contribution is 0.0832. The minimum absolute atomic E-state index is 0.111.